The van der Waals surface area contributed by atoms with Gasteiger partial charge in [-0.1, -0.05) is 17.7 Å². The first-order valence-electron chi connectivity index (χ1n) is 9.29. The molecule has 0 unspecified atom stereocenters. The maximum atomic E-state index is 13.0. The fourth-order valence-corrected chi connectivity index (χ4v) is 3.25. The van der Waals surface area contributed by atoms with Gasteiger partial charge in [0.2, 0.25) is 0 Å². The van der Waals surface area contributed by atoms with Crippen LogP contribution < -0.4 is 19.7 Å². The van der Waals surface area contributed by atoms with Crippen molar-refractivity contribution >= 4 is 34.8 Å². The third-order valence-electron chi connectivity index (χ3n) is 4.68. The van der Waals surface area contributed by atoms with Crippen molar-refractivity contribution in [2.75, 3.05) is 23.9 Å². The van der Waals surface area contributed by atoms with Crippen LogP contribution in [0.5, 0.6) is 17.2 Å². The van der Waals surface area contributed by atoms with Crippen molar-refractivity contribution in [2.45, 2.75) is 6.92 Å². The van der Waals surface area contributed by atoms with Crippen LogP contribution in [0, 0.1) is 6.92 Å². The number of nitrogens with one attached hydrogen (secondary N) is 1. The second-order valence-corrected chi connectivity index (χ2v) is 7.38. The molecule has 3 aromatic carbocycles. The molecule has 0 bridgehead atoms. The Labute approximate surface area is 179 Å². The van der Waals surface area contributed by atoms with E-state index < -0.39 is 0 Å². The van der Waals surface area contributed by atoms with Gasteiger partial charge in [0.15, 0.2) is 12.4 Å². The van der Waals surface area contributed by atoms with E-state index in [0.717, 1.165) is 5.56 Å². The summed E-state index contributed by atoms with van der Waals surface area (Å²) in [7, 11) is 1.70. The lowest BCUT2D eigenvalue weighted by Crippen LogP contribution is -2.25. The lowest BCUT2D eigenvalue weighted by Gasteiger charge is -2.16. The number of hydrogen-bond donors (Lipinski definition) is 1. The number of ether oxygens (including phenoxy) is 2. The summed E-state index contributed by atoms with van der Waals surface area (Å²) in [5.74, 6) is 1.00. The molecule has 0 saturated heterocycles. The van der Waals surface area contributed by atoms with E-state index in [1.165, 1.54) is 0 Å². The molecule has 4 rings (SSSR count). The van der Waals surface area contributed by atoms with Crippen LogP contribution >= 0.6 is 11.6 Å². The van der Waals surface area contributed by atoms with Crippen molar-refractivity contribution in [2.24, 2.45) is 0 Å². The zero-order valence-corrected chi connectivity index (χ0v) is 17.2. The standard InChI is InChI=1S/C23H19ClN2O4/c1-14-3-9-21-19(11-14)26(2)23(28)18-12-16(6-10-20(18)30-21)25-22(27)13-29-17-7-4-15(24)5-8-17/h3-12H,13H2,1-2H3,(H,25,27). The highest BCUT2D eigenvalue weighted by Gasteiger charge is 2.26. The summed E-state index contributed by atoms with van der Waals surface area (Å²) >= 11 is 5.83. The van der Waals surface area contributed by atoms with Crippen molar-refractivity contribution in [1.29, 1.82) is 0 Å². The lowest BCUT2D eigenvalue weighted by molar-refractivity contribution is -0.118. The molecule has 0 fully saturated rings. The number of anilines is 2. The topological polar surface area (TPSA) is 67.9 Å². The summed E-state index contributed by atoms with van der Waals surface area (Å²) in [6.45, 7) is 1.78. The van der Waals surface area contributed by atoms with Gasteiger partial charge in [-0.15, -0.1) is 0 Å². The molecule has 1 heterocycles. The van der Waals surface area contributed by atoms with Gasteiger partial charge in [-0.25, -0.2) is 0 Å². The van der Waals surface area contributed by atoms with E-state index in [4.69, 9.17) is 21.1 Å². The Hall–Kier alpha value is -3.51. The number of aryl methyl sites for hydroxylation is 1. The van der Waals surface area contributed by atoms with Crippen LogP contribution in [0.25, 0.3) is 0 Å². The summed E-state index contributed by atoms with van der Waals surface area (Å²) in [5.41, 5.74) is 2.56. The van der Waals surface area contributed by atoms with E-state index in [9.17, 15) is 9.59 Å². The van der Waals surface area contributed by atoms with Crippen molar-refractivity contribution < 1.29 is 19.1 Å². The van der Waals surface area contributed by atoms with Crippen LogP contribution in [-0.4, -0.2) is 25.5 Å². The Balaban J connectivity index is 1.50. The summed E-state index contributed by atoms with van der Waals surface area (Å²) in [6.07, 6.45) is 0. The molecule has 152 valence electrons. The number of nitrogens with zero attached hydrogens (tertiary/aromatic N) is 1. The van der Waals surface area contributed by atoms with Gasteiger partial charge in [0.1, 0.15) is 11.5 Å². The minimum absolute atomic E-state index is 0.173. The van der Waals surface area contributed by atoms with E-state index in [-0.39, 0.29) is 18.4 Å². The summed E-state index contributed by atoms with van der Waals surface area (Å²) in [6, 6.07) is 17.4. The molecular formula is C23H19ClN2O4. The Morgan fingerprint density at radius 2 is 1.80 bits per heavy atom. The van der Waals surface area contributed by atoms with Crippen molar-refractivity contribution in [3.05, 3.63) is 76.8 Å². The zero-order chi connectivity index (χ0) is 21.3. The van der Waals surface area contributed by atoms with Gasteiger partial charge in [-0.3, -0.25) is 9.59 Å². The molecule has 0 spiro atoms. The maximum absolute atomic E-state index is 13.0. The van der Waals surface area contributed by atoms with Crippen LogP contribution in [-0.2, 0) is 4.79 Å². The predicted octanol–water partition coefficient (Wildman–Crippen LogP) is 5.05. The first-order chi connectivity index (χ1) is 14.4. The second-order valence-electron chi connectivity index (χ2n) is 6.94. The fraction of sp³-hybridized carbons (Fsp3) is 0.130. The smallest absolute Gasteiger partial charge is 0.262 e. The third-order valence-corrected chi connectivity index (χ3v) is 4.93. The van der Waals surface area contributed by atoms with E-state index in [1.807, 2.05) is 25.1 Å². The van der Waals surface area contributed by atoms with Gasteiger partial charge in [-0.2, -0.15) is 0 Å². The number of benzene rings is 3. The highest BCUT2D eigenvalue weighted by atomic mass is 35.5. The highest BCUT2D eigenvalue weighted by molar-refractivity contribution is 6.30. The lowest BCUT2D eigenvalue weighted by atomic mass is 10.1. The summed E-state index contributed by atoms with van der Waals surface area (Å²) in [4.78, 5) is 26.8. The summed E-state index contributed by atoms with van der Waals surface area (Å²) < 4.78 is 11.4. The number of hydrogen-bond acceptors (Lipinski definition) is 4. The SMILES string of the molecule is Cc1ccc2c(c1)N(C)C(=O)c1cc(NC(=O)COc3ccc(Cl)cc3)ccc1O2. The van der Waals surface area contributed by atoms with Gasteiger partial charge in [-0.05, 0) is 67.1 Å². The van der Waals surface area contributed by atoms with Crippen LogP contribution in [0.15, 0.2) is 60.7 Å². The highest BCUT2D eigenvalue weighted by Crippen LogP contribution is 2.39. The van der Waals surface area contributed by atoms with E-state index >= 15 is 0 Å². The van der Waals surface area contributed by atoms with Crippen LogP contribution in [0.3, 0.4) is 0 Å². The number of carbonyl (C=O) groups excluding carboxylic acids is 2. The van der Waals surface area contributed by atoms with Crippen molar-refractivity contribution in [3.63, 3.8) is 0 Å². The monoisotopic (exact) mass is 422 g/mol. The largest absolute Gasteiger partial charge is 0.484 e. The summed E-state index contributed by atoms with van der Waals surface area (Å²) in [5, 5.41) is 3.33. The van der Waals surface area contributed by atoms with Gasteiger partial charge < -0.3 is 19.7 Å². The molecule has 0 radical (unpaired) electrons. The predicted molar refractivity (Wildman–Crippen MR) is 116 cm³/mol. The molecule has 6 nitrogen and oxygen atoms in total. The van der Waals surface area contributed by atoms with Crippen molar-refractivity contribution in [3.8, 4) is 17.2 Å². The Morgan fingerprint density at radius 1 is 1.07 bits per heavy atom. The second kappa shape index (κ2) is 8.08. The minimum atomic E-state index is -0.348. The first-order valence-corrected chi connectivity index (χ1v) is 9.67. The van der Waals surface area contributed by atoms with E-state index in [2.05, 4.69) is 5.32 Å². The molecule has 0 aliphatic carbocycles. The number of fused-ring (bicyclic) bond motifs is 2. The fourth-order valence-electron chi connectivity index (χ4n) is 3.13. The van der Waals surface area contributed by atoms with E-state index in [0.29, 0.717) is 39.2 Å². The average Bonchev–Trinajstić information content (AvgIpc) is 2.83. The molecule has 1 aliphatic rings. The Morgan fingerprint density at radius 3 is 2.57 bits per heavy atom. The molecular weight excluding hydrogens is 404 g/mol. The normalized spacial score (nSPS) is 12.4. The molecule has 1 aliphatic heterocycles. The number of carbonyl (C=O) groups is 2. The minimum Gasteiger partial charge on any atom is -0.484 e. The number of amides is 2. The Bertz CT molecular complexity index is 1130. The van der Waals surface area contributed by atoms with Gasteiger partial charge in [0, 0.05) is 17.8 Å². The molecule has 7 heteroatoms. The maximum Gasteiger partial charge on any atom is 0.262 e. The molecule has 30 heavy (non-hydrogen) atoms. The zero-order valence-electron chi connectivity index (χ0n) is 16.4. The van der Waals surface area contributed by atoms with Gasteiger partial charge in [0.25, 0.3) is 11.8 Å². The quantitative estimate of drug-likeness (QED) is 0.639. The number of rotatable bonds is 4. The van der Waals surface area contributed by atoms with Crippen LogP contribution in [0.2, 0.25) is 5.02 Å². The third kappa shape index (κ3) is 4.09. The molecule has 0 saturated carbocycles. The molecule has 0 atom stereocenters. The molecule has 1 N–H and O–H groups in total. The Kier molecular flexibility index (Phi) is 5.33. The molecule has 2 amide bonds. The van der Waals surface area contributed by atoms with Gasteiger partial charge in [0.05, 0.1) is 11.3 Å². The first kappa shape index (κ1) is 19.8. The van der Waals surface area contributed by atoms with Gasteiger partial charge >= 0.3 is 0 Å². The van der Waals surface area contributed by atoms with Crippen LogP contribution in [0.4, 0.5) is 11.4 Å². The van der Waals surface area contributed by atoms with E-state index in [1.54, 1.807) is 54.4 Å². The molecule has 3 aromatic rings. The molecule has 0 aromatic heterocycles. The van der Waals surface area contributed by atoms with Crippen LogP contribution in [0.1, 0.15) is 15.9 Å². The van der Waals surface area contributed by atoms with Crippen molar-refractivity contribution in [1.82, 2.24) is 0 Å². The number of halogens is 1. The average molecular weight is 423 g/mol.